The van der Waals surface area contributed by atoms with Crippen LogP contribution in [-0.2, 0) is 13.0 Å². The molecule has 33 heavy (non-hydrogen) atoms. The molecule has 3 aromatic carbocycles. The Morgan fingerprint density at radius 2 is 1.79 bits per heavy atom. The second-order valence-electron chi connectivity index (χ2n) is 7.41. The molecule has 0 atom stereocenters. The topological polar surface area (TPSA) is 65.4 Å². The molecule has 1 heterocycles. The first-order chi connectivity index (χ1) is 16.0. The summed E-state index contributed by atoms with van der Waals surface area (Å²) in [7, 11) is 3.10. The van der Waals surface area contributed by atoms with Gasteiger partial charge in [0.15, 0.2) is 11.5 Å². The third-order valence-corrected chi connectivity index (χ3v) is 5.94. The fourth-order valence-corrected chi connectivity index (χ4v) is 4.15. The molecule has 8 heteroatoms. The summed E-state index contributed by atoms with van der Waals surface area (Å²) in [4.78, 5) is 17.4. The highest BCUT2D eigenvalue weighted by atomic mass is 35.5. The Bertz CT molecular complexity index is 1300. The van der Waals surface area contributed by atoms with Crippen molar-refractivity contribution in [1.29, 1.82) is 0 Å². The summed E-state index contributed by atoms with van der Waals surface area (Å²) in [5, 5.41) is 4.16. The van der Waals surface area contributed by atoms with Gasteiger partial charge in [-0.1, -0.05) is 41.4 Å². The van der Waals surface area contributed by atoms with Crippen molar-refractivity contribution in [3.05, 3.63) is 87.7 Å². The molecule has 0 radical (unpaired) electrons. The van der Waals surface area contributed by atoms with Gasteiger partial charge < -0.3 is 19.4 Å². The normalized spacial score (nSPS) is 10.9. The van der Waals surface area contributed by atoms with E-state index in [1.54, 1.807) is 31.4 Å². The van der Waals surface area contributed by atoms with Gasteiger partial charge in [0.05, 0.1) is 31.8 Å². The molecule has 170 valence electrons. The van der Waals surface area contributed by atoms with Crippen LogP contribution in [0.3, 0.4) is 0 Å². The fourth-order valence-electron chi connectivity index (χ4n) is 3.68. The van der Waals surface area contributed by atoms with Crippen molar-refractivity contribution < 1.29 is 14.3 Å². The number of imidazole rings is 1. The zero-order chi connectivity index (χ0) is 23.4. The number of fused-ring (bicyclic) bond motifs is 1. The second-order valence-corrected chi connectivity index (χ2v) is 8.26. The molecule has 1 amide bonds. The lowest BCUT2D eigenvalue weighted by atomic mass is 10.2. The molecule has 0 aliphatic heterocycles. The molecule has 0 unspecified atom stereocenters. The van der Waals surface area contributed by atoms with Crippen molar-refractivity contribution in [1.82, 2.24) is 14.9 Å². The van der Waals surface area contributed by atoms with E-state index in [9.17, 15) is 4.79 Å². The van der Waals surface area contributed by atoms with Crippen LogP contribution in [0.2, 0.25) is 10.0 Å². The molecule has 0 fully saturated rings. The predicted octanol–water partition coefficient (Wildman–Crippen LogP) is 5.38. The number of halogens is 2. The number of rotatable bonds is 8. The Kier molecular flexibility index (Phi) is 7.06. The number of benzene rings is 3. The number of carbonyl (C=O) groups excluding carboxylic acids is 1. The summed E-state index contributed by atoms with van der Waals surface area (Å²) in [5.74, 6) is 1.74. The van der Waals surface area contributed by atoms with Crippen LogP contribution in [0.4, 0.5) is 0 Å². The number of para-hydroxylation sites is 2. The molecule has 1 N–H and O–H groups in total. The number of nitrogens with one attached hydrogen (secondary N) is 1. The highest BCUT2D eigenvalue weighted by molar-refractivity contribution is 6.35. The predicted molar refractivity (Wildman–Crippen MR) is 131 cm³/mol. The average Bonchev–Trinajstić information content (AvgIpc) is 3.17. The number of methoxy groups -OCH3 is 2. The quantitative estimate of drug-likeness (QED) is 0.365. The van der Waals surface area contributed by atoms with Gasteiger partial charge in [0.25, 0.3) is 5.91 Å². The van der Waals surface area contributed by atoms with E-state index in [0.29, 0.717) is 46.6 Å². The van der Waals surface area contributed by atoms with E-state index in [0.717, 1.165) is 22.4 Å². The summed E-state index contributed by atoms with van der Waals surface area (Å²) in [6.45, 7) is 0.973. The van der Waals surface area contributed by atoms with Gasteiger partial charge in [-0.3, -0.25) is 4.79 Å². The number of nitrogens with zero attached hydrogens (tertiary/aromatic N) is 2. The van der Waals surface area contributed by atoms with Crippen molar-refractivity contribution in [2.45, 2.75) is 13.0 Å². The van der Waals surface area contributed by atoms with Crippen LogP contribution in [0.1, 0.15) is 21.7 Å². The van der Waals surface area contributed by atoms with Gasteiger partial charge in [-0.05, 0) is 48.0 Å². The minimum Gasteiger partial charge on any atom is -0.493 e. The maximum Gasteiger partial charge on any atom is 0.251 e. The summed E-state index contributed by atoms with van der Waals surface area (Å²) in [6.07, 6.45) is 0.554. The van der Waals surface area contributed by atoms with Gasteiger partial charge in [-0.25, -0.2) is 4.98 Å². The van der Waals surface area contributed by atoms with E-state index >= 15 is 0 Å². The van der Waals surface area contributed by atoms with E-state index in [4.69, 9.17) is 37.7 Å². The molecule has 1 aromatic heterocycles. The van der Waals surface area contributed by atoms with E-state index < -0.39 is 0 Å². The molecule has 0 spiro atoms. The minimum atomic E-state index is -0.195. The Morgan fingerprint density at radius 3 is 2.55 bits per heavy atom. The summed E-state index contributed by atoms with van der Waals surface area (Å²) >= 11 is 12.5. The molecular formula is C25H23Cl2N3O3. The van der Waals surface area contributed by atoms with Gasteiger partial charge in [-0.2, -0.15) is 0 Å². The lowest BCUT2D eigenvalue weighted by molar-refractivity contribution is 0.0953. The summed E-state index contributed by atoms with van der Waals surface area (Å²) in [6, 6.07) is 18.5. The van der Waals surface area contributed by atoms with Crippen LogP contribution in [0, 0.1) is 0 Å². The molecule has 4 aromatic rings. The number of hydrogen-bond acceptors (Lipinski definition) is 4. The van der Waals surface area contributed by atoms with Crippen molar-refractivity contribution in [3.63, 3.8) is 0 Å². The van der Waals surface area contributed by atoms with Crippen molar-refractivity contribution in [2.75, 3.05) is 20.8 Å². The number of hydrogen-bond donors (Lipinski definition) is 1. The number of ether oxygens (including phenoxy) is 2. The van der Waals surface area contributed by atoms with E-state index in [2.05, 4.69) is 9.88 Å². The first-order valence-corrected chi connectivity index (χ1v) is 11.1. The van der Waals surface area contributed by atoms with Gasteiger partial charge in [0, 0.05) is 28.6 Å². The highest BCUT2D eigenvalue weighted by Crippen LogP contribution is 2.28. The third-order valence-electron chi connectivity index (χ3n) is 5.36. The molecule has 0 bridgehead atoms. The Balaban J connectivity index is 1.52. The van der Waals surface area contributed by atoms with Crippen LogP contribution in [0.5, 0.6) is 11.5 Å². The maximum absolute atomic E-state index is 12.7. The first kappa shape index (κ1) is 23.0. The van der Waals surface area contributed by atoms with Crippen LogP contribution < -0.4 is 14.8 Å². The summed E-state index contributed by atoms with van der Waals surface area (Å²) in [5.41, 5.74) is 3.34. The smallest absolute Gasteiger partial charge is 0.251 e. The molecule has 4 rings (SSSR count). The average molecular weight is 484 g/mol. The van der Waals surface area contributed by atoms with Gasteiger partial charge in [0.1, 0.15) is 5.82 Å². The lowest BCUT2D eigenvalue weighted by Gasteiger charge is -2.12. The monoisotopic (exact) mass is 483 g/mol. The van der Waals surface area contributed by atoms with E-state index in [1.165, 1.54) is 7.11 Å². The number of amides is 1. The number of carbonyl (C=O) groups is 1. The molecule has 0 saturated carbocycles. The summed E-state index contributed by atoms with van der Waals surface area (Å²) < 4.78 is 12.6. The third kappa shape index (κ3) is 5.07. The van der Waals surface area contributed by atoms with Gasteiger partial charge >= 0.3 is 0 Å². The lowest BCUT2D eigenvalue weighted by Crippen LogP contribution is -2.26. The zero-order valence-electron chi connectivity index (χ0n) is 18.3. The largest absolute Gasteiger partial charge is 0.493 e. The number of aromatic nitrogens is 2. The van der Waals surface area contributed by atoms with Crippen molar-refractivity contribution in [2.24, 2.45) is 0 Å². The molecule has 0 aliphatic rings. The zero-order valence-corrected chi connectivity index (χ0v) is 19.8. The molecule has 6 nitrogen and oxygen atoms in total. The fraction of sp³-hybridized carbons (Fsp3) is 0.200. The first-order valence-electron chi connectivity index (χ1n) is 10.4. The second kappa shape index (κ2) is 10.1. The van der Waals surface area contributed by atoms with Crippen LogP contribution in [0.15, 0.2) is 60.7 Å². The highest BCUT2D eigenvalue weighted by Gasteiger charge is 2.14. The van der Waals surface area contributed by atoms with Crippen LogP contribution >= 0.6 is 23.2 Å². The Morgan fingerprint density at radius 1 is 1.00 bits per heavy atom. The minimum absolute atomic E-state index is 0.195. The Hall–Kier alpha value is -3.22. The standard InChI is InChI=1S/C25H23Cl2N3O3/c1-32-22-10-8-16(13-23(22)33-2)25(31)28-12-11-24-29-20-5-3-4-6-21(20)30(24)15-17-7-9-18(26)14-19(17)27/h3-10,13-14H,11-12,15H2,1-2H3,(H,28,31). The van der Waals surface area contributed by atoms with Crippen LogP contribution in [-0.4, -0.2) is 36.2 Å². The maximum atomic E-state index is 12.7. The van der Waals surface area contributed by atoms with E-state index in [-0.39, 0.29) is 5.91 Å². The van der Waals surface area contributed by atoms with Crippen LogP contribution in [0.25, 0.3) is 11.0 Å². The molecule has 0 saturated heterocycles. The van der Waals surface area contributed by atoms with Gasteiger partial charge in [0.2, 0.25) is 0 Å². The Labute approximate surface area is 202 Å². The SMILES string of the molecule is COc1ccc(C(=O)NCCc2nc3ccccc3n2Cc2ccc(Cl)cc2Cl)cc1OC. The van der Waals surface area contributed by atoms with Crippen molar-refractivity contribution >= 4 is 40.1 Å². The molecular weight excluding hydrogens is 461 g/mol. The van der Waals surface area contributed by atoms with Gasteiger partial charge in [-0.15, -0.1) is 0 Å². The van der Waals surface area contributed by atoms with Crippen molar-refractivity contribution in [3.8, 4) is 11.5 Å². The van der Waals surface area contributed by atoms with E-state index in [1.807, 2.05) is 36.4 Å². The molecule has 0 aliphatic carbocycles.